The number of carbonyl (C=O) groups is 2. The molecule has 2 amide bonds. The molecule has 23 heavy (non-hydrogen) atoms. The number of para-hydroxylation sites is 1. The summed E-state index contributed by atoms with van der Waals surface area (Å²) in [4.78, 5) is 24.3. The van der Waals surface area contributed by atoms with E-state index < -0.39 is 11.8 Å². The second-order valence-electron chi connectivity index (χ2n) is 4.82. The molecule has 8 heteroatoms. The third-order valence-electron chi connectivity index (χ3n) is 3.33. The summed E-state index contributed by atoms with van der Waals surface area (Å²) in [7, 11) is 1.85. The standard InChI is InChI=1S/C15H11Cl2N3O2S/c1-20-7-10(8-4-2-3-5-11(8)20)15(22)19-18-14(21)9-6-12(16)23-13(9)17/h2-7H,1H3,(H,18,21)(H,19,22). The molecule has 2 aromatic heterocycles. The number of hydrogen-bond acceptors (Lipinski definition) is 3. The van der Waals surface area contributed by atoms with E-state index in [1.54, 1.807) is 6.20 Å². The molecule has 5 nitrogen and oxygen atoms in total. The van der Waals surface area contributed by atoms with Crippen LogP contribution in [0.25, 0.3) is 10.9 Å². The van der Waals surface area contributed by atoms with Crippen molar-refractivity contribution < 1.29 is 9.59 Å². The van der Waals surface area contributed by atoms with Gasteiger partial charge in [0.15, 0.2) is 0 Å². The number of carbonyl (C=O) groups excluding carboxylic acids is 2. The van der Waals surface area contributed by atoms with Gasteiger partial charge in [0, 0.05) is 24.1 Å². The molecule has 0 aliphatic rings. The van der Waals surface area contributed by atoms with Crippen LogP contribution in [0.3, 0.4) is 0 Å². The number of rotatable bonds is 2. The van der Waals surface area contributed by atoms with Crippen LogP contribution in [0.2, 0.25) is 8.67 Å². The minimum absolute atomic E-state index is 0.222. The van der Waals surface area contributed by atoms with Crippen molar-refractivity contribution in [2.24, 2.45) is 7.05 Å². The van der Waals surface area contributed by atoms with Crippen LogP contribution in [-0.4, -0.2) is 16.4 Å². The van der Waals surface area contributed by atoms with E-state index in [2.05, 4.69) is 10.9 Å². The molecule has 2 N–H and O–H groups in total. The number of nitrogens with one attached hydrogen (secondary N) is 2. The number of aromatic nitrogens is 1. The molecule has 0 aliphatic carbocycles. The molecule has 0 saturated heterocycles. The molecule has 0 radical (unpaired) electrons. The van der Waals surface area contributed by atoms with Gasteiger partial charge in [0.2, 0.25) is 0 Å². The summed E-state index contributed by atoms with van der Waals surface area (Å²) in [6.07, 6.45) is 1.71. The predicted octanol–water partition coefficient (Wildman–Crippen LogP) is 3.62. The molecule has 0 aliphatic heterocycles. The Hall–Kier alpha value is -2.02. The summed E-state index contributed by atoms with van der Waals surface area (Å²) in [6.45, 7) is 0. The molecule has 0 fully saturated rings. The van der Waals surface area contributed by atoms with Crippen molar-refractivity contribution in [3.63, 3.8) is 0 Å². The summed E-state index contributed by atoms with van der Waals surface area (Å²) in [6, 6.07) is 8.96. The molecule has 118 valence electrons. The van der Waals surface area contributed by atoms with E-state index in [1.807, 2.05) is 35.9 Å². The summed E-state index contributed by atoms with van der Waals surface area (Å²) in [5.41, 5.74) is 6.35. The maximum absolute atomic E-state index is 12.3. The van der Waals surface area contributed by atoms with Crippen LogP contribution in [0.1, 0.15) is 20.7 Å². The first-order valence-corrected chi connectivity index (χ1v) is 8.14. The van der Waals surface area contributed by atoms with Crippen LogP contribution in [0.4, 0.5) is 0 Å². The highest BCUT2D eigenvalue weighted by Gasteiger charge is 2.17. The molecule has 0 bridgehead atoms. The van der Waals surface area contributed by atoms with E-state index >= 15 is 0 Å². The quantitative estimate of drug-likeness (QED) is 0.679. The highest BCUT2D eigenvalue weighted by molar-refractivity contribution is 7.20. The third-order valence-corrected chi connectivity index (χ3v) is 4.82. The zero-order valence-electron chi connectivity index (χ0n) is 11.9. The van der Waals surface area contributed by atoms with E-state index in [0.717, 1.165) is 22.2 Å². The van der Waals surface area contributed by atoms with Crippen molar-refractivity contribution in [2.45, 2.75) is 0 Å². The molecular formula is C15H11Cl2N3O2S. The van der Waals surface area contributed by atoms with Gasteiger partial charge in [0.05, 0.1) is 15.5 Å². The Labute approximate surface area is 145 Å². The highest BCUT2D eigenvalue weighted by Crippen LogP contribution is 2.30. The fraction of sp³-hybridized carbons (Fsp3) is 0.0667. The van der Waals surface area contributed by atoms with Gasteiger partial charge in [-0.05, 0) is 12.1 Å². The topological polar surface area (TPSA) is 63.1 Å². The molecule has 0 unspecified atom stereocenters. The number of fused-ring (bicyclic) bond motifs is 1. The number of halogens is 2. The maximum atomic E-state index is 12.3. The monoisotopic (exact) mass is 367 g/mol. The van der Waals surface area contributed by atoms with Gasteiger partial charge in [0.25, 0.3) is 11.8 Å². The molecule has 1 aromatic carbocycles. The number of thiophene rings is 1. The summed E-state index contributed by atoms with van der Waals surface area (Å²) in [5.74, 6) is -0.931. The van der Waals surface area contributed by atoms with E-state index in [0.29, 0.717) is 9.90 Å². The van der Waals surface area contributed by atoms with Gasteiger partial charge < -0.3 is 4.57 Å². The molecule has 3 aromatic rings. The van der Waals surface area contributed by atoms with Crippen LogP contribution in [0.5, 0.6) is 0 Å². The van der Waals surface area contributed by atoms with Crippen LogP contribution in [0.15, 0.2) is 36.5 Å². The van der Waals surface area contributed by atoms with Crippen LogP contribution in [0, 0.1) is 0 Å². The number of benzene rings is 1. The molecule has 0 saturated carbocycles. The van der Waals surface area contributed by atoms with Crippen molar-refractivity contribution >= 4 is 57.3 Å². The van der Waals surface area contributed by atoms with Crippen molar-refractivity contribution in [3.05, 3.63) is 56.3 Å². The Balaban J connectivity index is 1.76. The lowest BCUT2D eigenvalue weighted by atomic mass is 10.2. The Bertz CT molecular complexity index is 917. The van der Waals surface area contributed by atoms with Gasteiger partial charge in [-0.25, -0.2) is 0 Å². The molecular weight excluding hydrogens is 357 g/mol. The number of nitrogens with zero attached hydrogens (tertiary/aromatic N) is 1. The Morgan fingerprint density at radius 3 is 2.39 bits per heavy atom. The third kappa shape index (κ3) is 3.06. The Kier molecular flexibility index (Phi) is 4.30. The second kappa shape index (κ2) is 6.23. The fourth-order valence-corrected chi connectivity index (χ4v) is 3.72. The van der Waals surface area contributed by atoms with Crippen molar-refractivity contribution in [1.29, 1.82) is 0 Å². The van der Waals surface area contributed by atoms with Gasteiger partial charge in [-0.3, -0.25) is 20.4 Å². The number of aryl methyl sites for hydroxylation is 1. The van der Waals surface area contributed by atoms with Crippen LogP contribution in [-0.2, 0) is 7.05 Å². The van der Waals surface area contributed by atoms with Gasteiger partial charge >= 0.3 is 0 Å². The average molecular weight is 368 g/mol. The summed E-state index contributed by atoms with van der Waals surface area (Å²) in [5, 5.41) is 0.804. The Morgan fingerprint density at radius 1 is 1.09 bits per heavy atom. The number of amides is 2. The van der Waals surface area contributed by atoms with Crippen molar-refractivity contribution in [3.8, 4) is 0 Å². The maximum Gasteiger partial charge on any atom is 0.272 e. The van der Waals surface area contributed by atoms with E-state index in [-0.39, 0.29) is 9.90 Å². The smallest absolute Gasteiger partial charge is 0.272 e. The SMILES string of the molecule is Cn1cc(C(=O)NNC(=O)c2cc(Cl)sc2Cl)c2ccccc21. The lowest BCUT2D eigenvalue weighted by Crippen LogP contribution is -2.41. The van der Waals surface area contributed by atoms with E-state index in [9.17, 15) is 9.59 Å². The summed E-state index contributed by atoms with van der Waals surface area (Å²) >= 11 is 12.8. The van der Waals surface area contributed by atoms with Crippen LogP contribution < -0.4 is 10.9 Å². The first-order chi connectivity index (χ1) is 11.0. The first kappa shape index (κ1) is 15.9. The summed E-state index contributed by atoms with van der Waals surface area (Å²) < 4.78 is 2.52. The zero-order chi connectivity index (χ0) is 16.6. The normalized spacial score (nSPS) is 10.7. The van der Waals surface area contributed by atoms with Gasteiger partial charge in [-0.15, -0.1) is 11.3 Å². The predicted molar refractivity (Wildman–Crippen MR) is 92.2 cm³/mol. The van der Waals surface area contributed by atoms with Gasteiger partial charge in [-0.2, -0.15) is 0 Å². The molecule has 0 atom stereocenters. The average Bonchev–Trinajstić information content (AvgIpc) is 3.05. The lowest BCUT2D eigenvalue weighted by molar-refractivity contribution is 0.0848. The fourth-order valence-electron chi connectivity index (χ4n) is 2.27. The van der Waals surface area contributed by atoms with Gasteiger partial charge in [-0.1, -0.05) is 41.4 Å². The van der Waals surface area contributed by atoms with Gasteiger partial charge in [0.1, 0.15) is 4.34 Å². The van der Waals surface area contributed by atoms with Crippen molar-refractivity contribution in [2.75, 3.05) is 0 Å². The molecule has 0 spiro atoms. The number of hydrogen-bond donors (Lipinski definition) is 2. The molecule has 2 heterocycles. The first-order valence-electron chi connectivity index (χ1n) is 6.57. The minimum atomic E-state index is -0.522. The molecule has 3 rings (SSSR count). The lowest BCUT2D eigenvalue weighted by Gasteiger charge is -2.06. The van der Waals surface area contributed by atoms with Crippen LogP contribution >= 0.6 is 34.5 Å². The second-order valence-corrected chi connectivity index (χ2v) is 7.10. The Morgan fingerprint density at radius 2 is 1.74 bits per heavy atom. The largest absolute Gasteiger partial charge is 0.350 e. The minimum Gasteiger partial charge on any atom is -0.350 e. The van der Waals surface area contributed by atoms with E-state index in [1.165, 1.54) is 6.07 Å². The van der Waals surface area contributed by atoms with Crippen molar-refractivity contribution in [1.82, 2.24) is 15.4 Å². The zero-order valence-corrected chi connectivity index (χ0v) is 14.2. The highest BCUT2D eigenvalue weighted by atomic mass is 35.5. The number of hydrazine groups is 1. The van der Waals surface area contributed by atoms with E-state index in [4.69, 9.17) is 23.2 Å².